The molecule has 1 atom stereocenters. The van der Waals surface area contributed by atoms with Gasteiger partial charge in [-0.05, 0) is 45.9 Å². The van der Waals surface area contributed by atoms with Crippen LogP contribution >= 0.6 is 20.7 Å². The average Bonchev–Trinajstić information content (AvgIpc) is 2.45. The van der Waals surface area contributed by atoms with Gasteiger partial charge in [-0.2, -0.15) is 0 Å². The summed E-state index contributed by atoms with van der Waals surface area (Å²) in [5.74, 6) is 0.684. The van der Waals surface area contributed by atoms with Crippen LogP contribution in [0, 0.1) is 0 Å². The fourth-order valence-corrected chi connectivity index (χ4v) is 4.18. The van der Waals surface area contributed by atoms with Gasteiger partial charge in [0.15, 0.2) is 0 Å². The lowest BCUT2D eigenvalue weighted by molar-refractivity contribution is 0.0639. The first-order chi connectivity index (χ1) is 9.93. The van der Waals surface area contributed by atoms with Crippen molar-refractivity contribution in [2.45, 2.75) is 40.2 Å². The largest absolute Gasteiger partial charge is 0.488 e. The molecule has 0 radical (unpaired) electrons. The third-order valence-corrected chi connectivity index (χ3v) is 5.78. The second kappa shape index (κ2) is 9.15. The number of allylic oxidation sites excluding steroid dienone is 2. The second-order valence-corrected chi connectivity index (χ2v) is 9.48. The van der Waals surface area contributed by atoms with Crippen molar-refractivity contribution in [1.29, 1.82) is 0 Å². The van der Waals surface area contributed by atoms with Crippen LogP contribution in [-0.2, 0) is 11.2 Å². The lowest BCUT2D eigenvalue weighted by atomic mass is 10.1. The summed E-state index contributed by atoms with van der Waals surface area (Å²) in [5, 5.41) is 9.52. The Labute approximate surface area is 138 Å². The lowest BCUT2D eigenvalue weighted by Gasteiger charge is -2.19. The topological polar surface area (TPSA) is 29.5 Å². The van der Waals surface area contributed by atoms with Crippen LogP contribution in [0.5, 0.6) is 0 Å². The van der Waals surface area contributed by atoms with E-state index in [9.17, 15) is 5.11 Å². The first-order valence-corrected chi connectivity index (χ1v) is 9.23. The number of halogens is 1. The van der Waals surface area contributed by atoms with Crippen LogP contribution in [0.15, 0.2) is 51.8 Å². The quantitative estimate of drug-likeness (QED) is 0.412. The van der Waals surface area contributed by atoms with E-state index in [0.717, 1.165) is 11.1 Å². The normalized spacial score (nSPS) is 13.4. The molecular formula is C18H25IO2. The molecule has 0 aliphatic heterocycles. The second-order valence-electron chi connectivity index (χ2n) is 5.17. The molecule has 0 aromatic heterocycles. The predicted octanol–water partition coefficient (Wildman–Crippen LogP) is 4.60. The van der Waals surface area contributed by atoms with Gasteiger partial charge in [-0.25, -0.2) is 0 Å². The number of hydrogen-bond acceptors (Lipinski definition) is 2. The summed E-state index contributed by atoms with van der Waals surface area (Å²) in [6.45, 7) is 12.6. The molecule has 1 aromatic rings. The molecule has 21 heavy (non-hydrogen) atoms. The summed E-state index contributed by atoms with van der Waals surface area (Å²) in [4.78, 5) is 0. The highest BCUT2D eigenvalue weighted by molar-refractivity contribution is 14.2. The molecule has 116 valence electrons. The molecule has 0 heterocycles. The highest BCUT2D eigenvalue weighted by Crippen LogP contribution is 2.25. The summed E-state index contributed by atoms with van der Waals surface area (Å²) in [5.41, 5.74) is 2.28. The Bertz CT molecular complexity index is 525. The number of ether oxygens (including phenoxy) is 1. The molecular weight excluding hydrogens is 375 g/mol. The molecule has 0 aliphatic rings. The Balaban J connectivity index is 2.73. The Morgan fingerprint density at radius 2 is 1.81 bits per heavy atom. The Morgan fingerprint density at radius 1 is 1.19 bits per heavy atom. The van der Waals surface area contributed by atoms with Crippen molar-refractivity contribution >= 4 is 24.2 Å². The van der Waals surface area contributed by atoms with Crippen molar-refractivity contribution in [2.24, 2.45) is 0 Å². The van der Waals surface area contributed by atoms with Gasteiger partial charge < -0.3 is 9.84 Å². The first kappa shape index (κ1) is 18.1. The van der Waals surface area contributed by atoms with Crippen molar-refractivity contribution in [2.75, 3.05) is 6.61 Å². The average molecular weight is 400 g/mol. The van der Waals surface area contributed by atoms with Gasteiger partial charge in [0.25, 0.3) is 0 Å². The summed E-state index contributed by atoms with van der Waals surface area (Å²) >= 11 is -0.0579. The molecule has 0 amide bonds. The minimum Gasteiger partial charge on any atom is -0.488 e. The van der Waals surface area contributed by atoms with Gasteiger partial charge in [0.1, 0.15) is 11.9 Å². The lowest BCUT2D eigenvalue weighted by Crippen LogP contribution is -2.20. The Kier molecular flexibility index (Phi) is 7.89. The highest BCUT2D eigenvalue weighted by atomic mass is 127. The molecule has 1 N–H and O–H groups in total. The zero-order valence-corrected chi connectivity index (χ0v) is 15.5. The summed E-state index contributed by atoms with van der Waals surface area (Å²) in [6.07, 6.45) is 0.448. The SMILES string of the molecule is C=C(OC(CO)Cc1ccccc1)/C(C)=C(/C)I=C(C)C. The first-order valence-electron chi connectivity index (χ1n) is 7.07. The third kappa shape index (κ3) is 6.57. The molecule has 2 nitrogen and oxygen atoms in total. The van der Waals surface area contributed by atoms with Crippen LogP contribution in [0.4, 0.5) is 0 Å². The number of aliphatic hydroxyl groups is 1. The van der Waals surface area contributed by atoms with Crippen LogP contribution in [0.25, 0.3) is 0 Å². The van der Waals surface area contributed by atoms with Gasteiger partial charge in [0.05, 0.1) is 6.61 Å². The van der Waals surface area contributed by atoms with Crippen molar-refractivity contribution in [3.8, 4) is 0 Å². The number of hydrogen-bond donors (Lipinski definition) is 1. The van der Waals surface area contributed by atoms with E-state index in [4.69, 9.17) is 4.74 Å². The van der Waals surface area contributed by atoms with E-state index in [-0.39, 0.29) is 33.4 Å². The third-order valence-electron chi connectivity index (χ3n) is 3.08. The molecule has 0 spiro atoms. The van der Waals surface area contributed by atoms with Gasteiger partial charge in [-0.15, -0.1) is 0 Å². The van der Waals surface area contributed by atoms with E-state index in [1.54, 1.807) is 0 Å². The van der Waals surface area contributed by atoms with Crippen LogP contribution < -0.4 is 0 Å². The van der Waals surface area contributed by atoms with Gasteiger partial charge in [-0.3, -0.25) is 0 Å². The maximum absolute atomic E-state index is 9.52. The molecule has 0 saturated heterocycles. The summed E-state index contributed by atoms with van der Waals surface area (Å²) in [7, 11) is 0. The zero-order chi connectivity index (χ0) is 15.8. The van der Waals surface area contributed by atoms with Crippen molar-refractivity contribution < 1.29 is 9.84 Å². The maximum atomic E-state index is 9.52. The molecule has 0 aliphatic carbocycles. The van der Waals surface area contributed by atoms with E-state index in [2.05, 4.69) is 34.3 Å². The van der Waals surface area contributed by atoms with Crippen LogP contribution in [0.1, 0.15) is 33.3 Å². The number of aliphatic hydroxyl groups excluding tert-OH is 1. The van der Waals surface area contributed by atoms with E-state index in [1.807, 2.05) is 30.3 Å². The van der Waals surface area contributed by atoms with Crippen LogP contribution in [0.2, 0.25) is 0 Å². The number of rotatable bonds is 7. The van der Waals surface area contributed by atoms with Crippen molar-refractivity contribution in [3.05, 3.63) is 57.4 Å². The van der Waals surface area contributed by atoms with E-state index in [0.29, 0.717) is 12.2 Å². The monoisotopic (exact) mass is 400 g/mol. The molecule has 3 heteroatoms. The minimum absolute atomic E-state index is 0.00573. The smallest absolute Gasteiger partial charge is 0.126 e. The van der Waals surface area contributed by atoms with Gasteiger partial charge >= 0.3 is 0 Å². The van der Waals surface area contributed by atoms with E-state index < -0.39 is 0 Å². The summed E-state index contributed by atoms with van der Waals surface area (Å²) < 4.78 is 8.72. The molecule has 0 saturated carbocycles. The van der Waals surface area contributed by atoms with Gasteiger partial charge in [0, 0.05) is 6.42 Å². The molecule has 0 fully saturated rings. The highest BCUT2D eigenvalue weighted by Gasteiger charge is 2.12. The fraction of sp³-hybridized carbons (Fsp3) is 0.389. The zero-order valence-electron chi connectivity index (χ0n) is 13.3. The van der Waals surface area contributed by atoms with E-state index in [1.165, 1.54) is 7.09 Å². The molecule has 0 bridgehead atoms. The van der Waals surface area contributed by atoms with Crippen molar-refractivity contribution in [1.82, 2.24) is 0 Å². The molecule has 1 rings (SSSR count). The number of benzene rings is 1. The van der Waals surface area contributed by atoms with Gasteiger partial charge in [-0.1, -0.05) is 57.6 Å². The Hall–Kier alpha value is -0.940. The molecule has 1 unspecified atom stereocenters. The van der Waals surface area contributed by atoms with Crippen molar-refractivity contribution in [3.63, 3.8) is 0 Å². The van der Waals surface area contributed by atoms with Gasteiger partial charge in [0.2, 0.25) is 0 Å². The minimum atomic E-state index is -0.243. The maximum Gasteiger partial charge on any atom is 0.126 e. The molecule has 1 aromatic carbocycles. The van der Waals surface area contributed by atoms with E-state index >= 15 is 0 Å². The predicted molar refractivity (Wildman–Crippen MR) is 100.0 cm³/mol. The fourth-order valence-electron chi connectivity index (χ4n) is 1.86. The standard InChI is InChI=1S/C18H25IO2/c1-13(2)19-15(4)14(3)16(5)21-18(12-20)11-17-9-7-6-8-10-17/h6-10,18,20H,5,11-12H2,1-4H3/b15-14-. The van der Waals surface area contributed by atoms with Crippen LogP contribution in [0.3, 0.4) is 0 Å². The Morgan fingerprint density at radius 3 is 2.33 bits per heavy atom. The van der Waals surface area contributed by atoms with Crippen LogP contribution in [-0.4, -0.2) is 21.3 Å². The summed E-state index contributed by atoms with van der Waals surface area (Å²) in [6, 6.07) is 10.1.